The lowest BCUT2D eigenvalue weighted by Crippen LogP contribution is -2.07. The molecule has 0 aliphatic rings. The van der Waals surface area contributed by atoms with Gasteiger partial charge in [0.15, 0.2) is 0 Å². The van der Waals surface area contributed by atoms with Crippen LogP contribution in [0.15, 0.2) is 60.7 Å². The van der Waals surface area contributed by atoms with Crippen molar-refractivity contribution in [2.75, 3.05) is 0 Å². The predicted molar refractivity (Wildman–Crippen MR) is 116 cm³/mol. The van der Waals surface area contributed by atoms with E-state index in [1.165, 1.54) is 12.1 Å². The molecule has 1 N–H and O–H groups in total. The highest BCUT2D eigenvalue weighted by molar-refractivity contribution is 5.96. The van der Waals surface area contributed by atoms with Gasteiger partial charge in [-0.25, -0.2) is 14.2 Å². The van der Waals surface area contributed by atoms with Crippen molar-refractivity contribution >= 4 is 17.0 Å². The standard InChI is InChI=1S/C25H23FN2O2/c1-3-7-23-27-24-16(2)8-6-11-22(24)28(23)15-18-13-12-17(14-21(18)26)19-9-4-5-10-20(19)25(29)30/h4-6,8-14H,3,7,15H2,1-2H3,(H,29,30). The van der Waals surface area contributed by atoms with Crippen molar-refractivity contribution in [3.8, 4) is 11.1 Å². The van der Waals surface area contributed by atoms with Gasteiger partial charge in [-0.05, 0) is 48.2 Å². The molecule has 1 heterocycles. The Morgan fingerprint density at radius 1 is 1.10 bits per heavy atom. The summed E-state index contributed by atoms with van der Waals surface area (Å²) < 4.78 is 17.2. The summed E-state index contributed by atoms with van der Waals surface area (Å²) in [6.45, 7) is 4.51. The van der Waals surface area contributed by atoms with Crippen molar-refractivity contribution in [1.29, 1.82) is 0 Å². The molecule has 0 aliphatic carbocycles. The van der Waals surface area contributed by atoms with Gasteiger partial charge in [0.1, 0.15) is 11.6 Å². The Bertz CT molecular complexity index is 1240. The van der Waals surface area contributed by atoms with Gasteiger partial charge in [0, 0.05) is 12.0 Å². The maximum atomic E-state index is 15.1. The van der Waals surface area contributed by atoms with Gasteiger partial charge in [-0.2, -0.15) is 0 Å². The number of aromatic carboxylic acids is 1. The van der Waals surface area contributed by atoms with Crippen molar-refractivity contribution in [2.24, 2.45) is 0 Å². The molecule has 0 saturated carbocycles. The van der Waals surface area contributed by atoms with Crippen LogP contribution < -0.4 is 0 Å². The van der Waals surface area contributed by atoms with E-state index in [0.717, 1.165) is 35.3 Å². The summed E-state index contributed by atoms with van der Waals surface area (Å²) in [6.07, 6.45) is 1.77. The normalized spacial score (nSPS) is 11.2. The average molecular weight is 402 g/mol. The number of benzene rings is 3. The predicted octanol–water partition coefficient (Wildman–Crippen LogP) is 5.85. The van der Waals surface area contributed by atoms with Crippen LogP contribution in [-0.4, -0.2) is 20.6 Å². The van der Waals surface area contributed by atoms with Crippen LogP contribution in [0.2, 0.25) is 0 Å². The quantitative estimate of drug-likeness (QED) is 0.440. The summed E-state index contributed by atoms with van der Waals surface area (Å²) >= 11 is 0. The van der Waals surface area contributed by atoms with Crippen LogP contribution in [0.1, 0.15) is 40.7 Å². The first kappa shape index (κ1) is 19.8. The molecule has 4 aromatic rings. The minimum absolute atomic E-state index is 0.158. The van der Waals surface area contributed by atoms with E-state index in [2.05, 4.69) is 11.5 Å². The molecule has 30 heavy (non-hydrogen) atoms. The van der Waals surface area contributed by atoms with Crippen LogP contribution >= 0.6 is 0 Å². The van der Waals surface area contributed by atoms with Gasteiger partial charge in [-0.15, -0.1) is 0 Å². The maximum absolute atomic E-state index is 15.1. The number of halogens is 1. The first-order valence-corrected chi connectivity index (χ1v) is 10.1. The smallest absolute Gasteiger partial charge is 0.336 e. The lowest BCUT2D eigenvalue weighted by Gasteiger charge is -2.12. The number of nitrogens with zero attached hydrogens (tertiary/aromatic N) is 2. The van der Waals surface area contributed by atoms with Crippen molar-refractivity contribution in [3.05, 3.63) is 89.0 Å². The molecule has 5 heteroatoms. The van der Waals surface area contributed by atoms with Crippen molar-refractivity contribution in [3.63, 3.8) is 0 Å². The third kappa shape index (κ3) is 3.59. The third-order valence-corrected chi connectivity index (χ3v) is 5.38. The van der Waals surface area contributed by atoms with E-state index in [-0.39, 0.29) is 11.4 Å². The highest BCUT2D eigenvalue weighted by atomic mass is 19.1. The number of carbonyl (C=O) groups is 1. The second kappa shape index (κ2) is 8.11. The molecule has 0 saturated heterocycles. The van der Waals surface area contributed by atoms with Crippen LogP contribution in [0.3, 0.4) is 0 Å². The zero-order chi connectivity index (χ0) is 21.3. The minimum Gasteiger partial charge on any atom is -0.478 e. The highest BCUT2D eigenvalue weighted by Crippen LogP contribution is 2.27. The lowest BCUT2D eigenvalue weighted by molar-refractivity contribution is 0.0697. The van der Waals surface area contributed by atoms with Gasteiger partial charge < -0.3 is 9.67 Å². The summed E-state index contributed by atoms with van der Waals surface area (Å²) in [5.41, 5.74) is 4.81. The van der Waals surface area contributed by atoms with Crippen LogP contribution in [0.5, 0.6) is 0 Å². The molecular formula is C25H23FN2O2. The Labute approximate surface area is 174 Å². The van der Waals surface area contributed by atoms with Crippen molar-refractivity contribution in [1.82, 2.24) is 9.55 Å². The largest absolute Gasteiger partial charge is 0.478 e. The van der Waals surface area contributed by atoms with Gasteiger partial charge in [-0.3, -0.25) is 0 Å². The van der Waals surface area contributed by atoms with Crippen LogP contribution in [0, 0.1) is 12.7 Å². The summed E-state index contributed by atoms with van der Waals surface area (Å²) in [4.78, 5) is 16.3. The van der Waals surface area contributed by atoms with E-state index in [1.54, 1.807) is 30.3 Å². The summed E-state index contributed by atoms with van der Waals surface area (Å²) in [6, 6.07) is 17.6. The number of hydrogen-bond donors (Lipinski definition) is 1. The van der Waals surface area contributed by atoms with E-state index >= 15 is 4.39 Å². The molecule has 0 bridgehead atoms. The monoisotopic (exact) mass is 402 g/mol. The number of fused-ring (bicyclic) bond motifs is 1. The molecule has 0 amide bonds. The number of rotatable bonds is 6. The van der Waals surface area contributed by atoms with E-state index in [0.29, 0.717) is 23.2 Å². The van der Waals surface area contributed by atoms with Crippen LogP contribution in [0.25, 0.3) is 22.2 Å². The second-order valence-electron chi connectivity index (χ2n) is 7.46. The van der Waals surface area contributed by atoms with Gasteiger partial charge in [0.05, 0.1) is 23.1 Å². The van der Waals surface area contributed by atoms with E-state index < -0.39 is 5.97 Å². The third-order valence-electron chi connectivity index (χ3n) is 5.38. The molecule has 4 rings (SSSR count). The van der Waals surface area contributed by atoms with Crippen molar-refractivity contribution in [2.45, 2.75) is 33.2 Å². The summed E-state index contributed by atoms with van der Waals surface area (Å²) in [5.74, 6) is -0.439. The van der Waals surface area contributed by atoms with Crippen molar-refractivity contribution < 1.29 is 14.3 Å². The molecule has 3 aromatic carbocycles. The fraction of sp³-hybridized carbons (Fsp3) is 0.200. The number of para-hydroxylation sites is 1. The van der Waals surface area contributed by atoms with Gasteiger partial charge in [0.2, 0.25) is 0 Å². The Balaban J connectivity index is 1.75. The van der Waals surface area contributed by atoms with E-state index in [1.807, 2.05) is 25.1 Å². The maximum Gasteiger partial charge on any atom is 0.336 e. The summed E-state index contributed by atoms with van der Waals surface area (Å²) in [5, 5.41) is 9.42. The van der Waals surface area contributed by atoms with Crippen LogP contribution in [0.4, 0.5) is 4.39 Å². The SMILES string of the molecule is CCCc1nc2c(C)cccc2n1Cc1ccc(-c2ccccc2C(=O)O)cc1F. The number of carboxylic acid groups (broad SMARTS) is 1. The highest BCUT2D eigenvalue weighted by Gasteiger charge is 2.16. The van der Waals surface area contributed by atoms with Gasteiger partial charge >= 0.3 is 5.97 Å². The minimum atomic E-state index is -1.03. The molecule has 0 fully saturated rings. The number of imidazole rings is 1. The van der Waals surface area contributed by atoms with Gasteiger partial charge in [-0.1, -0.05) is 49.4 Å². The summed E-state index contributed by atoms with van der Waals surface area (Å²) in [7, 11) is 0. The average Bonchev–Trinajstić information content (AvgIpc) is 3.08. The fourth-order valence-electron chi connectivity index (χ4n) is 3.86. The second-order valence-corrected chi connectivity index (χ2v) is 7.46. The zero-order valence-corrected chi connectivity index (χ0v) is 17.0. The molecule has 0 aliphatic heterocycles. The first-order chi connectivity index (χ1) is 14.5. The fourth-order valence-corrected chi connectivity index (χ4v) is 3.86. The Morgan fingerprint density at radius 2 is 1.90 bits per heavy atom. The molecule has 0 unspecified atom stereocenters. The number of carboxylic acids is 1. The Hall–Kier alpha value is -3.47. The number of aromatic nitrogens is 2. The molecule has 0 atom stereocenters. The number of aryl methyl sites for hydroxylation is 2. The van der Waals surface area contributed by atoms with E-state index in [9.17, 15) is 9.90 Å². The van der Waals surface area contributed by atoms with Gasteiger partial charge in [0.25, 0.3) is 0 Å². The topological polar surface area (TPSA) is 55.1 Å². The molecule has 4 nitrogen and oxygen atoms in total. The Kier molecular flexibility index (Phi) is 5.36. The lowest BCUT2D eigenvalue weighted by atomic mass is 9.98. The molecule has 152 valence electrons. The van der Waals surface area contributed by atoms with E-state index in [4.69, 9.17) is 4.98 Å². The number of hydrogen-bond acceptors (Lipinski definition) is 2. The molecule has 0 radical (unpaired) electrons. The molecular weight excluding hydrogens is 379 g/mol. The first-order valence-electron chi connectivity index (χ1n) is 10.1. The zero-order valence-electron chi connectivity index (χ0n) is 17.0. The van der Waals surface area contributed by atoms with Crippen LogP contribution in [-0.2, 0) is 13.0 Å². The molecule has 1 aromatic heterocycles. The Morgan fingerprint density at radius 3 is 2.63 bits per heavy atom. The molecule has 0 spiro atoms.